The van der Waals surface area contributed by atoms with Gasteiger partial charge in [0.15, 0.2) is 0 Å². The van der Waals surface area contributed by atoms with Gasteiger partial charge >= 0.3 is 0 Å². The summed E-state index contributed by atoms with van der Waals surface area (Å²) >= 11 is 15.1. The standard InChI is InChI=1S/C12H14BrCl2NO/c1-12(2,13)11(17)16(3)7-8-4-5-9(14)10(15)6-8/h4-6H,7H2,1-3H3. The zero-order valence-electron chi connectivity index (χ0n) is 9.93. The molecule has 0 N–H and O–H groups in total. The molecule has 0 spiro atoms. The predicted molar refractivity (Wildman–Crippen MR) is 75.9 cm³/mol. The molecule has 0 aliphatic carbocycles. The van der Waals surface area contributed by atoms with Crippen molar-refractivity contribution in [2.24, 2.45) is 0 Å². The van der Waals surface area contributed by atoms with Crippen molar-refractivity contribution in [1.82, 2.24) is 4.90 Å². The normalized spacial score (nSPS) is 11.4. The lowest BCUT2D eigenvalue weighted by molar-refractivity contribution is -0.131. The highest BCUT2D eigenvalue weighted by Gasteiger charge is 2.26. The molecule has 1 rings (SSSR count). The Balaban J connectivity index is 2.78. The number of carbonyl (C=O) groups excluding carboxylic acids is 1. The van der Waals surface area contributed by atoms with Crippen molar-refractivity contribution in [2.75, 3.05) is 7.05 Å². The number of carbonyl (C=O) groups is 1. The van der Waals surface area contributed by atoms with Crippen molar-refractivity contribution >= 4 is 45.0 Å². The lowest BCUT2D eigenvalue weighted by atomic mass is 10.1. The lowest BCUT2D eigenvalue weighted by Gasteiger charge is -2.24. The zero-order valence-corrected chi connectivity index (χ0v) is 13.0. The molecule has 5 heteroatoms. The maximum absolute atomic E-state index is 11.9. The van der Waals surface area contributed by atoms with Crippen molar-refractivity contribution in [2.45, 2.75) is 24.7 Å². The molecule has 0 saturated heterocycles. The Hall–Kier alpha value is -0.250. The Morgan fingerprint density at radius 2 is 1.94 bits per heavy atom. The maximum Gasteiger partial charge on any atom is 0.238 e. The third kappa shape index (κ3) is 4.16. The Bertz CT molecular complexity index is 429. The van der Waals surface area contributed by atoms with Gasteiger partial charge in [-0.3, -0.25) is 4.79 Å². The molecule has 0 atom stereocenters. The summed E-state index contributed by atoms with van der Waals surface area (Å²) in [5, 5.41) is 1.02. The van der Waals surface area contributed by atoms with Gasteiger partial charge in [0.1, 0.15) is 0 Å². The molecule has 0 fully saturated rings. The van der Waals surface area contributed by atoms with Gasteiger partial charge in [0, 0.05) is 13.6 Å². The number of benzene rings is 1. The van der Waals surface area contributed by atoms with Gasteiger partial charge in [-0.05, 0) is 31.5 Å². The lowest BCUT2D eigenvalue weighted by Crippen LogP contribution is -2.38. The molecule has 1 amide bonds. The van der Waals surface area contributed by atoms with Crippen LogP contribution in [0.2, 0.25) is 10.0 Å². The van der Waals surface area contributed by atoms with Crippen LogP contribution in [-0.2, 0) is 11.3 Å². The number of rotatable bonds is 3. The van der Waals surface area contributed by atoms with Gasteiger partial charge in [-0.2, -0.15) is 0 Å². The minimum absolute atomic E-state index is 0.0172. The first-order valence-electron chi connectivity index (χ1n) is 5.10. The molecule has 0 heterocycles. The van der Waals surface area contributed by atoms with E-state index in [-0.39, 0.29) is 5.91 Å². The summed E-state index contributed by atoms with van der Waals surface area (Å²) in [6, 6.07) is 5.37. The smallest absolute Gasteiger partial charge is 0.238 e. The fraction of sp³-hybridized carbons (Fsp3) is 0.417. The third-order valence-electron chi connectivity index (χ3n) is 2.26. The van der Waals surface area contributed by atoms with Gasteiger partial charge in [0.2, 0.25) is 5.91 Å². The zero-order chi connectivity index (χ0) is 13.2. The Labute approximate surface area is 120 Å². The first-order valence-corrected chi connectivity index (χ1v) is 6.65. The molecule has 0 aliphatic heterocycles. The van der Waals surface area contributed by atoms with E-state index in [0.717, 1.165) is 5.56 Å². The number of nitrogens with zero attached hydrogens (tertiary/aromatic N) is 1. The van der Waals surface area contributed by atoms with E-state index in [9.17, 15) is 4.79 Å². The summed E-state index contributed by atoms with van der Waals surface area (Å²) in [6.07, 6.45) is 0. The first kappa shape index (κ1) is 14.8. The highest BCUT2D eigenvalue weighted by atomic mass is 79.9. The van der Waals surface area contributed by atoms with E-state index in [1.807, 2.05) is 19.9 Å². The van der Waals surface area contributed by atoms with Crippen LogP contribution >= 0.6 is 39.1 Å². The molecule has 0 unspecified atom stereocenters. The van der Waals surface area contributed by atoms with Gasteiger partial charge in [-0.15, -0.1) is 0 Å². The second-order valence-corrected chi connectivity index (χ2v) is 7.18. The summed E-state index contributed by atoms with van der Waals surface area (Å²) in [5.41, 5.74) is 0.951. The van der Waals surface area contributed by atoms with Crippen molar-refractivity contribution < 1.29 is 4.79 Å². The van der Waals surface area contributed by atoms with Gasteiger partial charge in [-0.1, -0.05) is 45.2 Å². The average molecular weight is 339 g/mol. The van der Waals surface area contributed by atoms with Gasteiger partial charge < -0.3 is 4.90 Å². The quantitative estimate of drug-likeness (QED) is 0.759. The molecule has 2 nitrogen and oxygen atoms in total. The molecular weight excluding hydrogens is 325 g/mol. The Morgan fingerprint density at radius 3 is 2.41 bits per heavy atom. The van der Waals surface area contributed by atoms with Crippen LogP contribution < -0.4 is 0 Å². The summed E-state index contributed by atoms with van der Waals surface area (Å²) in [4.78, 5) is 13.6. The Kier molecular flexibility index (Phi) is 4.87. The van der Waals surface area contributed by atoms with E-state index >= 15 is 0 Å². The second kappa shape index (κ2) is 5.59. The van der Waals surface area contributed by atoms with E-state index < -0.39 is 4.32 Å². The van der Waals surface area contributed by atoms with Gasteiger partial charge in [-0.25, -0.2) is 0 Å². The second-order valence-electron chi connectivity index (χ2n) is 4.38. The predicted octanol–water partition coefficient (Wildman–Crippen LogP) is 4.13. The van der Waals surface area contributed by atoms with E-state index in [4.69, 9.17) is 23.2 Å². The van der Waals surface area contributed by atoms with Crippen molar-refractivity contribution in [1.29, 1.82) is 0 Å². The van der Waals surface area contributed by atoms with Crippen LogP contribution in [0.4, 0.5) is 0 Å². The highest BCUT2D eigenvalue weighted by molar-refractivity contribution is 9.10. The minimum Gasteiger partial charge on any atom is -0.340 e. The monoisotopic (exact) mass is 337 g/mol. The molecule has 0 aliphatic rings. The molecule has 1 aromatic carbocycles. The minimum atomic E-state index is -0.558. The van der Waals surface area contributed by atoms with Crippen molar-refractivity contribution in [3.05, 3.63) is 33.8 Å². The fourth-order valence-corrected chi connectivity index (χ4v) is 2.06. The van der Waals surface area contributed by atoms with E-state index in [1.54, 1.807) is 24.1 Å². The maximum atomic E-state index is 11.9. The topological polar surface area (TPSA) is 20.3 Å². The summed E-state index contributed by atoms with van der Waals surface area (Å²) in [6.45, 7) is 4.14. The van der Waals surface area contributed by atoms with Crippen LogP contribution in [0.5, 0.6) is 0 Å². The molecule has 94 valence electrons. The van der Waals surface area contributed by atoms with Crippen LogP contribution in [0.3, 0.4) is 0 Å². The molecular formula is C12H14BrCl2NO. The van der Waals surface area contributed by atoms with Crippen LogP contribution in [-0.4, -0.2) is 22.2 Å². The van der Waals surface area contributed by atoms with Gasteiger partial charge in [0.05, 0.1) is 14.4 Å². The van der Waals surface area contributed by atoms with E-state index in [2.05, 4.69) is 15.9 Å². The van der Waals surface area contributed by atoms with Gasteiger partial charge in [0.25, 0.3) is 0 Å². The molecule has 0 saturated carbocycles. The van der Waals surface area contributed by atoms with E-state index in [1.165, 1.54) is 0 Å². The molecule has 0 radical (unpaired) electrons. The van der Waals surface area contributed by atoms with Crippen molar-refractivity contribution in [3.8, 4) is 0 Å². The summed E-state index contributed by atoms with van der Waals surface area (Å²) in [7, 11) is 1.76. The van der Waals surface area contributed by atoms with Crippen LogP contribution in [0, 0.1) is 0 Å². The molecule has 1 aromatic rings. The summed E-state index contributed by atoms with van der Waals surface area (Å²) < 4.78 is -0.558. The number of alkyl halides is 1. The Morgan fingerprint density at radius 1 is 1.35 bits per heavy atom. The summed E-state index contributed by atoms with van der Waals surface area (Å²) in [5.74, 6) is 0.0172. The number of halogens is 3. The molecule has 17 heavy (non-hydrogen) atoms. The van der Waals surface area contributed by atoms with Crippen molar-refractivity contribution in [3.63, 3.8) is 0 Å². The van der Waals surface area contributed by atoms with Crippen LogP contribution in [0.15, 0.2) is 18.2 Å². The largest absolute Gasteiger partial charge is 0.340 e. The van der Waals surface area contributed by atoms with E-state index in [0.29, 0.717) is 16.6 Å². The third-order valence-corrected chi connectivity index (χ3v) is 3.34. The molecule has 0 bridgehead atoms. The SMILES string of the molecule is CN(Cc1ccc(Cl)c(Cl)c1)C(=O)C(C)(C)Br. The number of hydrogen-bond donors (Lipinski definition) is 0. The highest BCUT2D eigenvalue weighted by Crippen LogP contribution is 2.24. The average Bonchev–Trinajstić information content (AvgIpc) is 2.21. The fourth-order valence-electron chi connectivity index (χ4n) is 1.44. The first-order chi connectivity index (χ1) is 7.71. The van der Waals surface area contributed by atoms with Crippen LogP contribution in [0.1, 0.15) is 19.4 Å². The molecule has 0 aromatic heterocycles. The number of amides is 1. The number of hydrogen-bond acceptors (Lipinski definition) is 1. The van der Waals surface area contributed by atoms with Crippen LogP contribution in [0.25, 0.3) is 0 Å².